The van der Waals surface area contributed by atoms with Gasteiger partial charge < -0.3 is 0 Å². The van der Waals surface area contributed by atoms with Crippen LogP contribution in [0.25, 0.3) is 0 Å². The summed E-state index contributed by atoms with van der Waals surface area (Å²) in [6.07, 6.45) is 3.52. The largest absolute Gasteiger partial charge is 0.299 e. The Kier molecular flexibility index (Phi) is 2.19. The van der Waals surface area contributed by atoms with E-state index in [9.17, 15) is 4.79 Å². The highest BCUT2D eigenvalue weighted by Gasteiger charge is 2.65. The fourth-order valence-corrected chi connectivity index (χ4v) is 3.83. The summed E-state index contributed by atoms with van der Waals surface area (Å²) in [4.78, 5) is 12.3. The molecule has 2 bridgehead atoms. The van der Waals surface area contributed by atoms with Gasteiger partial charge in [0.25, 0.3) is 0 Å². The van der Waals surface area contributed by atoms with Gasteiger partial charge in [0.2, 0.25) is 0 Å². The quantitative estimate of drug-likeness (QED) is 0.695. The third-order valence-corrected chi connectivity index (χ3v) is 5.24. The van der Waals surface area contributed by atoms with E-state index in [1.54, 1.807) is 0 Å². The third kappa shape index (κ3) is 1.13. The highest BCUT2D eigenvalue weighted by molar-refractivity contribution is 5.91. The van der Waals surface area contributed by atoms with Crippen LogP contribution in [0.4, 0.5) is 0 Å². The molecule has 15 heavy (non-hydrogen) atoms. The van der Waals surface area contributed by atoms with E-state index in [1.165, 1.54) is 6.42 Å². The summed E-state index contributed by atoms with van der Waals surface area (Å²) < 4.78 is 0. The molecule has 0 aliphatic heterocycles. The molecule has 2 saturated carbocycles. The molecule has 2 nitrogen and oxygen atoms in total. The van der Waals surface area contributed by atoms with Crippen molar-refractivity contribution >= 4 is 5.78 Å². The topological polar surface area (TPSA) is 40.9 Å². The Morgan fingerprint density at radius 3 is 2.60 bits per heavy atom. The van der Waals surface area contributed by atoms with Crippen LogP contribution in [-0.2, 0) is 4.79 Å². The van der Waals surface area contributed by atoms with Crippen molar-refractivity contribution in [3.05, 3.63) is 0 Å². The van der Waals surface area contributed by atoms with Crippen molar-refractivity contribution in [2.24, 2.45) is 22.7 Å². The van der Waals surface area contributed by atoms with Gasteiger partial charge in [-0.2, -0.15) is 5.26 Å². The molecule has 3 unspecified atom stereocenters. The minimum absolute atomic E-state index is 0.113. The molecule has 0 spiro atoms. The van der Waals surface area contributed by atoms with Crippen LogP contribution < -0.4 is 0 Å². The van der Waals surface area contributed by atoms with Crippen molar-refractivity contribution in [1.82, 2.24) is 0 Å². The zero-order valence-corrected chi connectivity index (χ0v) is 9.84. The lowest BCUT2D eigenvalue weighted by Crippen LogP contribution is -2.33. The molecule has 3 atom stereocenters. The highest BCUT2D eigenvalue weighted by Crippen LogP contribution is 2.66. The Morgan fingerprint density at radius 1 is 1.47 bits per heavy atom. The molecule has 0 aromatic heterocycles. The third-order valence-electron chi connectivity index (χ3n) is 5.24. The average molecular weight is 205 g/mol. The number of nitriles is 1. The summed E-state index contributed by atoms with van der Waals surface area (Å²) in [6.45, 7) is 6.59. The van der Waals surface area contributed by atoms with Gasteiger partial charge >= 0.3 is 0 Å². The Morgan fingerprint density at radius 2 is 2.13 bits per heavy atom. The Hall–Kier alpha value is -0.840. The average Bonchev–Trinajstić information content (AvgIpc) is 2.48. The maximum absolute atomic E-state index is 12.3. The van der Waals surface area contributed by atoms with E-state index in [0.717, 1.165) is 12.8 Å². The van der Waals surface area contributed by atoms with E-state index in [2.05, 4.69) is 26.8 Å². The number of carbonyl (C=O) groups is 1. The van der Waals surface area contributed by atoms with Crippen LogP contribution >= 0.6 is 0 Å². The second-order valence-corrected chi connectivity index (χ2v) is 5.87. The van der Waals surface area contributed by atoms with Crippen molar-refractivity contribution in [2.45, 2.75) is 46.5 Å². The molecule has 82 valence electrons. The lowest BCUT2D eigenvalue weighted by atomic mass is 9.70. The molecule has 0 radical (unpaired) electrons. The molecule has 0 amide bonds. The summed E-state index contributed by atoms with van der Waals surface area (Å²) >= 11 is 0. The molecular formula is C13H19NO. The van der Waals surface area contributed by atoms with Crippen molar-refractivity contribution < 1.29 is 4.79 Å². The molecule has 2 rings (SSSR count). The van der Waals surface area contributed by atoms with Crippen LogP contribution in [0, 0.1) is 34.0 Å². The predicted octanol–water partition coefficient (Wildman–Crippen LogP) is 2.93. The lowest BCUT2D eigenvalue weighted by molar-refractivity contribution is -0.131. The van der Waals surface area contributed by atoms with E-state index in [-0.39, 0.29) is 16.7 Å². The van der Waals surface area contributed by atoms with E-state index < -0.39 is 0 Å². The van der Waals surface area contributed by atoms with Crippen molar-refractivity contribution in [3.8, 4) is 6.07 Å². The number of carbonyl (C=O) groups excluding carboxylic acids is 1. The van der Waals surface area contributed by atoms with E-state index in [4.69, 9.17) is 5.26 Å². The maximum Gasteiger partial charge on any atom is 0.142 e. The van der Waals surface area contributed by atoms with Crippen molar-refractivity contribution in [1.29, 1.82) is 5.26 Å². The molecule has 2 aliphatic carbocycles. The first-order valence-electron chi connectivity index (χ1n) is 5.86. The zero-order valence-electron chi connectivity index (χ0n) is 9.84. The first-order valence-corrected chi connectivity index (χ1v) is 5.86. The number of Topliss-reactive ketones (excluding diaryl/α,β-unsaturated/α-hetero) is 1. The molecule has 2 heteroatoms. The summed E-state index contributed by atoms with van der Waals surface area (Å²) in [5.41, 5.74) is 0.0298. The highest BCUT2D eigenvalue weighted by atomic mass is 16.1. The molecular weight excluding hydrogens is 186 g/mol. The standard InChI is InChI=1S/C13H19NO/c1-12(2)10-6-7-13(12,3)11(15)9(10)5-4-8-14/h9-10H,4-7H2,1-3H3. The SMILES string of the molecule is CC12CCC(C(CCC#N)C1=O)C2(C)C. The van der Waals surface area contributed by atoms with Gasteiger partial charge in [0.15, 0.2) is 0 Å². The van der Waals surface area contributed by atoms with Gasteiger partial charge in [-0.25, -0.2) is 0 Å². The van der Waals surface area contributed by atoms with Gasteiger partial charge in [-0.15, -0.1) is 0 Å². The van der Waals surface area contributed by atoms with Crippen LogP contribution in [0.15, 0.2) is 0 Å². The van der Waals surface area contributed by atoms with Gasteiger partial charge in [-0.05, 0) is 30.6 Å². The second kappa shape index (κ2) is 3.07. The smallest absolute Gasteiger partial charge is 0.142 e. The fraction of sp³-hybridized carbons (Fsp3) is 0.846. The van der Waals surface area contributed by atoms with Gasteiger partial charge in [-0.1, -0.05) is 20.8 Å². The maximum atomic E-state index is 12.3. The second-order valence-electron chi connectivity index (χ2n) is 5.87. The Balaban J connectivity index is 2.27. The Bertz CT molecular complexity index is 339. The van der Waals surface area contributed by atoms with E-state index in [0.29, 0.717) is 18.1 Å². The molecule has 2 aliphatic rings. The minimum atomic E-state index is -0.113. The molecule has 0 N–H and O–H groups in total. The monoisotopic (exact) mass is 205 g/mol. The number of rotatable bonds is 2. The summed E-state index contributed by atoms with van der Waals surface area (Å²) in [6, 6.07) is 2.16. The van der Waals surface area contributed by atoms with Crippen LogP contribution in [0.5, 0.6) is 0 Å². The normalized spacial score (nSPS) is 41.9. The molecule has 0 heterocycles. The van der Waals surface area contributed by atoms with Gasteiger partial charge in [-0.3, -0.25) is 4.79 Å². The number of ketones is 1. The molecule has 2 fully saturated rings. The van der Waals surface area contributed by atoms with Gasteiger partial charge in [0, 0.05) is 17.8 Å². The van der Waals surface area contributed by atoms with Crippen LogP contribution in [-0.4, -0.2) is 5.78 Å². The number of fused-ring (bicyclic) bond motifs is 2. The predicted molar refractivity (Wildman–Crippen MR) is 58.0 cm³/mol. The fourth-order valence-electron chi connectivity index (χ4n) is 3.83. The zero-order chi connectivity index (χ0) is 11.3. The molecule has 0 saturated heterocycles. The van der Waals surface area contributed by atoms with Crippen LogP contribution in [0.3, 0.4) is 0 Å². The first-order chi connectivity index (χ1) is 6.95. The summed E-state index contributed by atoms with van der Waals surface area (Å²) in [5, 5.41) is 8.62. The van der Waals surface area contributed by atoms with Crippen LogP contribution in [0.2, 0.25) is 0 Å². The van der Waals surface area contributed by atoms with Gasteiger partial charge in [0.05, 0.1) is 6.07 Å². The number of hydrogen-bond acceptors (Lipinski definition) is 2. The van der Waals surface area contributed by atoms with Crippen molar-refractivity contribution in [2.75, 3.05) is 0 Å². The van der Waals surface area contributed by atoms with E-state index >= 15 is 0 Å². The lowest BCUT2D eigenvalue weighted by Gasteiger charge is -2.32. The number of hydrogen-bond donors (Lipinski definition) is 0. The summed E-state index contributed by atoms with van der Waals surface area (Å²) in [7, 11) is 0. The number of nitrogens with zero attached hydrogens (tertiary/aromatic N) is 1. The first kappa shape index (κ1) is 10.7. The molecule has 0 aromatic carbocycles. The van der Waals surface area contributed by atoms with Crippen LogP contribution in [0.1, 0.15) is 46.5 Å². The van der Waals surface area contributed by atoms with Gasteiger partial charge in [0.1, 0.15) is 5.78 Å². The van der Waals surface area contributed by atoms with E-state index in [1.807, 2.05) is 0 Å². The Labute approximate surface area is 91.7 Å². The summed E-state index contributed by atoms with van der Waals surface area (Å²) in [5.74, 6) is 1.11. The molecule has 0 aromatic rings. The minimum Gasteiger partial charge on any atom is -0.299 e. The van der Waals surface area contributed by atoms with Crippen molar-refractivity contribution in [3.63, 3.8) is 0 Å².